The molecule has 1 amide bonds. The van der Waals surface area contributed by atoms with Crippen LogP contribution in [-0.2, 0) is 17.5 Å². The average molecular weight is 400 g/mol. The average Bonchev–Trinajstić information content (AvgIpc) is 3.00. The van der Waals surface area contributed by atoms with Gasteiger partial charge in [-0.15, -0.1) is 11.3 Å². The molecule has 3 heterocycles. The largest absolute Gasteiger partial charge is 0.433 e. The van der Waals surface area contributed by atoms with Gasteiger partial charge in [0.1, 0.15) is 5.69 Å². The molecular formula is C17H19F3N4O2S. The normalized spacial score (nSPS) is 21.2. The van der Waals surface area contributed by atoms with Gasteiger partial charge in [-0.25, -0.2) is 4.98 Å². The molecule has 3 rings (SSSR count). The Morgan fingerprint density at radius 1 is 1.33 bits per heavy atom. The summed E-state index contributed by atoms with van der Waals surface area (Å²) in [6.07, 6.45) is -3.32. The number of aromatic nitrogens is 2. The summed E-state index contributed by atoms with van der Waals surface area (Å²) in [5, 5.41) is 4.84. The van der Waals surface area contributed by atoms with Gasteiger partial charge in [0.15, 0.2) is 5.13 Å². The first kappa shape index (κ1) is 19.7. The van der Waals surface area contributed by atoms with E-state index in [4.69, 9.17) is 4.74 Å². The lowest BCUT2D eigenvalue weighted by atomic mass is 10.2. The maximum absolute atomic E-state index is 12.5. The van der Waals surface area contributed by atoms with E-state index >= 15 is 0 Å². The predicted octanol–water partition coefficient (Wildman–Crippen LogP) is 3.42. The Morgan fingerprint density at radius 2 is 2.04 bits per heavy atom. The fourth-order valence-electron chi connectivity index (χ4n) is 2.94. The van der Waals surface area contributed by atoms with Crippen LogP contribution in [0.25, 0.3) is 0 Å². The molecule has 0 spiro atoms. The minimum Gasteiger partial charge on any atom is -0.373 e. The second kappa shape index (κ2) is 7.91. The number of carbonyl (C=O) groups is 1. The van der Waals surface area contributed by atoms with E-state index in [1.165, 1.54) is 11.3 Å². The van der Waals surface area contributed by atoms with Crippen molar-refractivity contribution >= 4 is 22.4 Å². The van der Waals surface area contributed by atoms with Crippen LogP contribution in [0.2, 0.25) is 0 Å². The second-order valence-electron chi connectivity index (χ2n) is 6.48. The highest BCUT2D eigenvalue weighted by atomic mass is 32.1. The first-order valence-electron chi connectivity index (χ1n) is 8.37. The fourth-order valence-corrected chi connectivity index (χ4v) is 3.64. The highest BCUT2D eigenvalue weighted by Gasteiger charge is 2.32. The highest BCUT2D eigenvalue weighted by Crippen LogP contribution is 2.27. The third-order valence-corrected chi connectivity index (χ3v) is 4.78. The van der Waals surface area contributed by atoms with Gasteiger partial charge in [0.25, 0.3) is 5.91 Å². The molecule has 2 aromatic heterocycles. The monoisotopic (exact) mass is 400 g/mol. The number of nitrogens with one attached hydrogen (secondary N) is 1. The zero-order valence-corrected chi connectivity index (χ0v) is 15.6. The van der Waals surface area contributed by atoms with E-state index in [0.717, 1.165) is 37.1 Å². The molecule has 2 atom stereocenters. The maximum atomic E-state index is 12.5. The highest BCUT2D eigenvalue weighted by molar-refractivity contribution is 7.13. The molecule has 1 fully saturated rings. The minimum absolute atomic E-state index is 0.0376. The summed E-state index contributed by atoms with van der Waals surface area (Å²) >= 11 is 1.27. The van der Waals surface area contributed by atoms with Crippen molar-refractivity contribution < 1.29 is 22.7 Å². The quantitative estimate of drug-likeness (QED) is 0.852. The number of rotatable bonds is 4. The van der Waals surface area contributed by atoms with Gasteiger partial charge >= 0.3 is 6.18 Å². The third-order valence-electron chi connectivity index (χ3n) is 3.97. The lowest BCUT2D eigenvalue weighted by Gasteiger charge is -2.34. The Kier molecular flexibility index (Phi) is 5.78. The van der Waals surface area contributed by atoms with Crippen molar-refractivity contribution in [1.82, 2.24) is 14.9 Å². The summed E-state index contributed by atoms with van der Waals surface area (Å²) in [5.41, 5.74) is -0.178. The fraction of sp³-hybridized carbons (Fsp3) is 0.471. The summed E-state index contributed by atoms with van der Waals surface area (Å²) in [5.74, 6) is -0.550. The predicted molar refractivity (Wildman–Crippen MR) is 94.6 cm³/mol. The third kappa shape index (κ3) is 5.24. The van der Waals surface area contributed by atoms with Gasteiger partial charge in [-0.05, 0) is 26.0 Å². The van der Waals surface area contributed by atoms with Gasteiger partial charge in [-0.3, -0.25) is 20.0 Å². The summed E-state index contributed by atoms with van der Waals surface area (Å²) in [6, 6.07) is 1.87. The van der Waals surface area contributed by atoms with E-state index in [9.17, 15) is 18.0 Å². The van der Waals surface area contributed by atoms with E-state index in [-0.39, 0.29) is 17.8 Å². The molecule has 0 aliphatic carbocycles. The van der Waals surface area contributed by atoms with Crippen LogP contribution in [0.15, 0.2) is 23.7 Å². The SMILES string of the molecule is CC1CN(Cc2csc(NC(=O)c3ccc(C(F)(F)F)nc3)n2)CC(C)O1. The van der Waals surface area contributed by atoms with Crippen LogP contribution in [-0.4, -0.2) is 46.1 Å². The van der Waals surface area contributed by atoms with E-state index in [2.05, 4.69) is 20.2 Å². The van der Waals surface area contributed by atoms with E-state index in [1.807, 2.05) is 19.2 Å². The van der Waals surface area contributed by atoms with Gasteiger partial charge in [0.2, 0.25) is 0 Å². The van der Waals surface area contributed by atoms with Gasteiger partial charge < -0.3 is 4.74 Å². The van der Waals surface area contributed by atoms with Gasteiger partial charge in [-0.1, -0.05) is 0 Å². The number of amides is 1. The number of alkyl halides is 3. The number of thiazole rings is 1. The number of nitrogens with zero attached hydrogens (tertiary/aromatic N) is 3. The molecule has 0 radical (unpaired) electrons. The maximum Gasteiger partial charge on any atom is 0.433 e. The Labute approximate surface area is 158 Å². The minimum atomic E-state index is -4.53. The molecule has 146 valence electrons. The van der Waals surface area contributed by atoms with E-state index in [1.54, 1.807) is 0 Å². The Balaban J connectivity index is 1.59. The molecule has 27 heavy (non-hydrogen) atoms. The molecule has 1 N–H and O–H groups in total. The molecule has 2 aromatic rings. The number of hydrogen-bond acceptors (Lipinski definition) is 6. The first-order valence-corrected chi connectivity index (χ1v) is 9.25. The second-order valence-corrected chi connectivity index (χ2v) is 7.34. The number of halogens is 3. The van der Waals surface area contributed by atoms with Crippen LogP contribution in [0.5, 0.6) is 0 Å². The molecule has 1 aliphatic rings. The van der Waals surface area contributed by atoms with Gasteiger partial charge in [-0.2, -0.15) is 13.2 Å². The molecule has 0 saturated carbocycles. The number of ether oxygens (including phenoxy) is 1. The molecule has 2 unspecified atom stereocenters. The van der Waals surface area contributed by atoms with Gasteiger partial charge in [0.05, 0.1) is 23.5 Å². The van der Waals surface area contributed by atoms with Gasteiger partial charge in [0, 0.05) is 31.2 Å². The first-order chi connectivity index (χ1) is 12.7. The zero-order chi connectivity index (χ0) is 19.6. The van der Waals surface area contributed by atoms with Crippen molar-refractivity contribution in [2.24, 2.45) is 0 Å². The van der Waals surface area contributed by atoms with Crippen LogP contribution in [0.3, 0.4) is 0 Å². The number of hydrogen-bond donors (Lipinski definition) is 1. The molecule has 6 nitrogen and oxygen atoms in total. The Morgan fingerprint density at radius 3 is 2.63 bits per heavy atom. The van der Waals surface area contributed by atoms with Crippen molar-refractivity contribution in [3.05, 3.63) is 40.7 Å². The van der Waals surface area contributed by atoms with Crippen molar-refractivity contribution in [3.63, 3.8) is 0 Å². The van der Waals surface area contributed by atoms with Crippen LogP contribution in [0.1, 0.15) is 35.6 Å². The van der Waals surface area contributed by atoms with Crippen LogP contribution < -0.4 is 5.32 Å². The van der Waals surface area contributed by atoms with Crippen molar-refractivity contribution in [3.8, 4) is 0 Å². The Hall–Kier alpha value is -2.04. The molecular weight excluding hydrogens is 381 g/mol. The van der Waals surface area contributed by atoms with Crippen LogP contribution >= 0.6 is 11.3 Å². The Bertz CT molecular complexity index is 784. The molecule has 1 aliphatic heterocycles. The zero-order valence-electron chi connectivity index (χ0n) is 14.8. The van der Waals surface area contributed by atoms with Crippen LogP contribution in [0, 0.1) is 0 Å². The summed E-state index contributed by atoms with van der Waals surface area (Å²) in [6.45, 7) is 6.30. The molecule has 0 aromatic carbocycles. The lowest BCUT2D eigenvalue weighted by molar-refractivity contribution is -0.141. The standard InChI is InChI=1S/C17H19F3N4O2S/c1-10-6-24(7-11(2)26-10)8-13-9-27-16(22-13)23-15(25)12-3-4-14(21-5-12)17(18,19)20/h3-5,9-11H,6-8H2,1-2H3,(H,22,23,25). The van der Waals surface area contributed by atoms with Crippen molar-refractivity contribution in [2.75, 3.05) is 18.4 Å². The van der Waals surface area contributed by atoms with E-state index < -0.39 is 17.8 Å². The molecule has 10 heteroatoms. The summed E-state index contributed by atoms with van der Waals surface area (Å²) in [4.78, 5) is 22.1. The topological polar surface area (TPSA) is 67.4 Å². The number of morpholine rings is 1. The summed E-state index contributed by atoms with van der Waals surface area (Å²) in [7, 11) is 0. The molecule has 1 saturated heterocycles. The lowest BCUT2D eigenvalue weighted by Crippen LogP contribution is -2.44. The van der Waals surface area contributed by atoms with Crippen molar-refractivity contribution in [1.29, 1.82) is 0 Å². The number of anilines is 1. The number of carbonyl (C=O) groups excluding carboxylic acids is 1. The molecule has 0 bridgehead atoms. The smallest absolute Gasteiger partial charge is 0.373 e. The number of pyridine rings is 1. The van der Waals surface area contributed by atoms with Crippen molar-refractivity contribution in [2.45, 2.75) is 38.8 Å². The van der Waals surface area contributed by atoms with E-state index in [0.29, 0.717) is 11.7 Å². The summed E-state index contributed by atoms with van der Waals surface area (Å²) < 4.78 is 43.3. The van der Waals surface area contributed by atoms with Crippen LogP contribution in [0.4, 0.5) is 18.3 Å².